The van der Waals surface area contributed by atoms with Crippen LogP contribution < -0.4 is 19.7 Å². The fourth-order valence-corrected chi connectivity index (χ4v) is 6.25. The Morgan fingerprint density at radius 1 is 1.17 bits per heavy atom. The van der Waals surface area contributed by atoms with E-state index in [-0.39, 0.29) is 30.3 Å². The van der Waals surface area contributed by atoms with E-state index >= 15 is 0 Å². The quantitative estimate of drug-likeness (QED) is 0.346. The summed E-state index contributed by atoms with van der Waals surface area (Å²) in [7, 11) is 1.59. The second-order valence-corrected chi connectivity index (χ2v) is 12.3. The molecular formula is C33H38F2N8O5. The number of methoxy groups -OCH3 is 1. The summed E-state index contributed by atoms with van der Waals surface area (Å²) >= 11 is 0. The van der Waals surface area contributed by atoms with E-state index < -0.39 is 30.6 Å². The second-order valence-electron chi connectivity index (χ2n) is 12.3. The zero-order valence-electron chi connectivity index (χ0n) is 27.0. The lowest BCUT2D eigenvalue weighted by Gasteiger charge is -2.46. The molecule has 6 rings (SSSR count). The largest absolute Gasteiger partial charge is 0.483 e. The SMILES string of the molecule is COc1nc(Nc2cc(-c3ccc(OC4CCN(C(=O)[C@H](C)O)CC4(F)F)c(C#N)c3)ncn2)ccc1N1CCN(C2COC2)C[C@@H]1C. The summed E-state index contributed by atoms with van der Waals surface area (Å²) in [6.45, 7) is 6.84. The van der Waals surface area contributed by atoms with Gasteiger partial charge in [0, 0.05) is 50.3 Å². The Morgan fingerprint density at radius 3 is 2.65 bits per heavy atom. The molecular weight excluding hydrogens is 626 g/mol. The molecule has 0 bridgehead atoms. The monoisotopic (exact) mass is 664 g/mol. The van der Waals surface area contributed by atoms with Crippen LogP contribution in [0.25, 0.3) is 11.3 Å². The number of aromatic nitrogens is 3. The van der Waals surface area contributed by atoms with Gasteiger partial charge in [-0.15, -0.1) is 0 Å². The zero-order chi connectivity index (χ0) is 34.0. The number of piperidine rings is 1. The normalized spacial score (nSPS) is 21.9. The molecule has 2 aromatic heterocycles. The van der Waals surface area contributed by atoms with Crippen molar-refractivity contribution in [2.75, 3.05) is 63.3 Å². The van der Waals surface area contributed by atoms with Gasteiger partial charge in [0.2, 0.25) is 5.88 Å². The van der Waals surface area contributed by atoms with Gasteiger partial charge in [0.1, 0.15) is 41.6 Å². The van der Waals surface area contributed by atoms with Crippen LogP contribution in [0.15, 0.2) is 42.7 Å². The number of halogens is 2. The number of alkyl halides is 2. The van der Waals surface area contributed by atoms with Gasteiger partial charge in [-0.1, -0.05) is 0 Å². The summed E-state index contributed by atoms with van der Waals surface area (Å²) in [6.07, 6.45) is -1.71. The van der Waals surface area contributed by atoms with Crippen LogP contribution in [0, 0.1) is 11.3 Å². The van der Waals surface area contributed by atoms with Crippen LogP contribution in [0.5, 0.6) is 11.6 Å². The van der Waals surface area contributed by atoms with Gasteiger partial charge in [-0.3, -0.25) is 9.69 Å². The molecule has 13 nitrogen and oxygen atoms in total. The average molecular weight is 665 g/mol. The number of pyridine rings is 1. The second kappa shape index (κ2) is 13.8. The number of nitriles is 1. The lowest BCUT2D eigenvalue weighted by atomic mass is 10.0. The third kappa shape index (κ3) is 6.96. The van der Waals surface area contributed by atoms with Crippen LogP contribution in [0.4, 0.5) is 26.1 Å². The molecule has 3 saturated heterocycles. The summed E-state index contributed by atoms with van der Waals surface area (Å²) in [5.41, 5.74) is 2.00. The van der Waals surface area contributed by atoms with E-state index in [4.69, 9.17) is 14.2 Å². The smallest absolute Gasteiger partial charge is 0.301 e. The number of rotatable bonds is 9. The number of aliphatic hydroxyl groups excluding tert-OH is 1. The number of benzene rings is 1. The van der Waals surface area contributed by atoms with Crippen LogP contribution in [0.2, 0.25) is 0 Å². The molecule has 5 heterocycles. The number of likely N-dealkylation sites (tertiary alicyclic amines) is 1. The van der Waals surface area contributed by atoms with E-state index in [1.165, 1.54) is 25.4 Å². The number of carbonyl (C=O) groups excluding carboxylic acids is 1. The number of piperazine rings is 1. The Morgan fingerprint density at radius 2 is 1.98 bits per heavy atom. The lowest BCUT2D eigenvalue weighted by Crippen LogP contribution is -2.59. The highest BCUT2D eigenvalue weighted by molar-refractivity contribution is 5.80. The van der Waals surface area contributed by atoms with Crippen LogP contribution in [0.3, 0.4) is 0 Å². The first-order valence-electron chi connectivity index (χ1n) is 15.8. The first-order chi connectivity index (χ1) is 23.1. The number of carbonyl (C=O) groups is 1. The molecule has 15 heteroatoms. The first-order valence-corrected chi connectivity index (χ1v) is 15.8. The van der Waals surface area contributed by atoms with Crippen LogP contribution in [-0.2, 0) is 9.53 Å². The number of ether oxygens (including phenoxy) is 3. The summed E-state index contributed by atoms with van der Waals surface area (Å²) in [5, 5.41) is 22.5. The standard InChI is InChI=1S/C33H38F2N8O5/c1-20-15-41(24-16-47-17-24)10-11-43(20)26-5-7-29(40-31(26)46-3)39-30-13-25(37-19-38-30)22-4-6-27(23(12-22)14-36)48-28-8-9-42(18-33(28,34)35)32(45)21(2)44/h4-7,12-13,19-21,24,28,44H,8-11,15-18H2,1-3H3,(H,37,38,39,40)/t20-,21-,28?/m0/s1. The Balaban J connectivity index is 1.13. The predicted molar refractivity (Wildman–Crippen MR) is 171 cm³/mol. The maximum absolute atomic E-state index is 14.9. The fourth-order valence-electron chi connectivity index (χ4n) is 6.25. The summed E-state index contributed by atoms with van der Waals surface area (Å²) in [6, 6.07) is 12.9. The molecule has 1 amide bonds. The number of nitrogens with zero attached hydrogens (tertiary/aromatic N) is 7. The number of amides is 1. The molecule has 3 atom stereocenters. The highest BCUT2D eigenvalue weighted by Gasteiger charge is 2.48. The Bertz CT molecular complexity index is 1680. The van der Waals surface area contributed by atoms with Crippen molar-refractivity contribution in [3.05, 3.63) is 48.3 Å². The average Bonchev–Trinajstić information content (AvgIpc) is 3.04. The van der Waals surface area contributed by atoms with Crippen LogP contribution in [-0.4, -0.2) is 119 Å². The Kier molecular flexibility index (Phi) is 9.58. The highest BCUT2D eigenvalue weighted by Crippen LogP contribution is 2.35. The van der Waals surface area contributed by atoms with Crippen molar-refractivity contribution in [3.8, 4) is 29.0 Å². The summed E-state index contributed by atoms with van der Waals surface area (Å²) < 4.78 is 46.6. The van der Waals surface area contributed by atoms with Crippen molar-refractivity contribution in [2.24, 2.45) is 0 Å². The minimum atomic E-state index is -3.38. The van der Waals surface area contributed by atoms with E-state index in [1.54, 1.807) is 19.2 Å². The number of nitrogens with one attached hydrogen (secondary N) is 1. The zero-order valence-corrected chi connectivity index (χ0v) is 27.0. The van der Waals surface area contributed by atoms with Crippen molar-refractivity contribution in [3.63, 3.8) is 0 Å². The highest BCUT2D eigenvalue weighted by atomic mass is 19.3. The molecule has 3 aliphatic heterocycles. The predicted octanol–water partition coefficient (Wildman–Crippen LogP) is 3.07. The number of hydrogen-bond acceptors (Lipinski definition) is 12. The Labute approximate surface area is 277 Å². The van der Waals surface area contributed by atoms with Gasteiger partial charge in [-0.2, -0.15) is 10.2 Å². The van der Waals surface area contributed by atoms with E-state index in [9.17, 15) is 23.9 Å². The summed E-state index contributed by atoms with van der Waals surface area (Å²) in [5.74, 6) is -2.69. The lowest BCUT2D eigenvalue weighted by molar-refractivity contribution is -0.165. The van der Waals surface area contributed by atoms with E-state index in [0.29, 0.717) is 34.8 Å². The molecule has 1 aromatic carbocycles. The van der Waals surface area contributed by atoms with Crippen LogP contribution in [0.1, 0.15) is 25.8 Å². The molecule has 0 saturated carbocycles. The van der Waals surface area contributed by atoms with Crippen molar-refractivity contribution in [2.45, 2.75) is 50.5 Å². The van der Waals surface area contributed by atoms with Gasteiger partial charge in [-0.05, 0) is 44.2 Å². The summed E-state index contributed by atoms with van der Waals surface area (Å²) in [4.78, 5) is 31.1. The molecule has 48 heavy (non-hydrogen) atoms. The third-order valence-electron chi connectivity index (χ3n) is 8.93. The van der Waals surface area contributed by atoms with Gasteiger partial charge < -0.3 is 34.4 Å². The topological polar surface area (TPSA) is 149 Å². The van der Waals surface area contributed by atoms with E-state index in [0.717, 1.165) is 43.4 Å². The minimum absolute atomic E-state index is 0.00203. The van der Waals surface area contributed by atoms with Gasteiger partial charge in [-0.25, -0.2) is 18.7 Å². The molecule has 0 radical (unpaired) electrons. The van der Waals surface area contributed by atoms with E-state index in [1.807, 2.05) is 18.2 Å². The van der Waals surface area contributed by atoms with Crippen molar-refractivity contribution in [1.29, 1.82) is 5.26 Å². The van der Waals surface area contributed by atoms with Gasteiger partial charge in [0.15, 0.2) is 6.10 Å². The maximum Gasteiger partial charge on any atom is 0.301 e. The number of anilines is 3. The van der Waals surface area contributed by atoms with Crippen LogP contribution >= 0.6 is 0 Å². The van der Waals surface area contributed by atoms with E-state index in [2.05, 4.69) is 37.0 Å². The molecule has 3 aliphatic rings. The fraction of sp³-hybridized carbons (Fsp3) is 0.485. The van der Waals surface area contributed by atoms with Crippen molar-refractivity contribution < 1.29 is 32.9 Å². The van der Waals surface area contributed by atoms with Gasteiger partial charge in [0.25, 0.3) is 5.91 Å². The molecule has 2 N–H and O–H groups in total. The molecule has 0 aliphatic carbocycles. The maximum atomic E-state index is 14.9. The molecule has 3 fully saturated rings. The molecule has 1 unspecified atom stereocenters. The first kappa shape index (κ1) is 33.3. The third-order valence-corrected chi connectivity index (χ3v) is 8.93. The minimum Gasteiger partial charge on any atom is -0.483 e. The number of hydrogen-bond donors (Lipinski definition) is 2. The molecule has 254 valence electrons. The van der Waals surface area contributed by atoms with Crippen molar-refractivity contribution >= 4 is 23.2 Å². The molecule has 3 aromatic rings. The Hall–Kier alpha value is -4.65. The molecule has 0 spiro atoms. The van der Waals surface area contributed by atoms with Gasteiger partial charge >= 0.3 is 5.92 Å². The number of aliphatic hydroxyl groups is 1. The van der Waals surface area contributed by atoms with Gasteiger partial charge in [0.05, 0.1) is 44.2 Å². The van der Waals surface area contributed by atoms with Crippen molar-refractivity contribution in [1.82, 2.24) is 24.8 Å².